The van der Waals surface area contributed by atoms with Gasteiger partial charge in [0.1, 0.15) is 12.4 Å². The number of rotatable bonds is 6. The van der Waals surface area contributed by atoms with Gasteiger partial charge in [-0.15, -0.1) is 6.58 Å². The van der Waals surface area contributed by atoms with E-state index in [9.17, 15) is 4.79 Å². The van der Waals surface area contributed by atoms with Crippen LogP contribution in [0.4, 0.5) is 0 Å². The maximum atomic E-state index is 13.4. The molecule has 0 aliphatic carbocycles. The van der Waals surface area contributed by atoms with Crippen molar-refractivity contribution >= 4 is 22.6 Å². The zero-order valence-corrected chi connectivity index (χ0v) is 18.2. The summed E-state index contributed by atoms with van der Waals surface area (Å²) in [6.07, 6.45) is 4.35. The van der Waals surface area contributed by atoms with Gasteiger partial charge in [0.05, 0.1) is 16.6 Å². The first-order chi connectivity index (χ1) is 15.7. The number of nitrogens with zero attached hydrogens (tertiary/aromatic N) is 2. The summed E-state index contributed by atoms with van der Waals surface area (Å²) in [5.41, 5.74) is 2.73. The molecule has 0 N–H and O–H groups in total. The molecule has 32 heavy (non-hydrogen) atoms. The fourth-order valence-electron chi connectivity index (χ4n) is 3.48. The molecule has 0 amide bonds. The Morgan fingerprint density at radius 2 is 1.81 bits per heavy atom. The van der Waals surface area contributed by atoms with Crippen LogP contribution in [-0.4, -0.2) is 16.2 Å². The molecule has 0 radical (unpaired) electrons. The zero-order chi connectivity index (χ0) is 22.3. The number of aromatic nitrogens is 2. The van der Waals surface area contributed by atoms with Gasteiger partial charge in [-0.05, 0) is 48.4 Å². The van der Waals surface area contributed by atoms with E-state index in [0.717, 1.165) is 16.6 Å². The third-order valence-corrected chi connectivity index (χ3v) is 5.21. The second-order valence-corrected chi connectivity index (χ2v) is 7.53. The Morgan fingerprint density at radius 3 is 2.56 bits per heavy atom. The first kappa shape index (κ1) is 21.4. The summed E-state index contributed by atoms with van der Waals surface area (Å²) in [4.78, 5) is 17.9. The van der Waals surface area contributed by atoms with Crippen molar-refractivity contribution in [3.05, 3.63) is 112 Å². The van der Waals surface area contributed by atoms with Gasteiger partial charge >= 0.3 is 0 Å². The maximum absolute atomic E-state index is 13.4. The second-order valence-electron chi connectivity index (χ2n) is 7.10. The van der Waals surface area contributed by atoms with Crippen LogP contribution < -0.4 is 10.3 Å². The molecular weight excluding hydrogens is 420 g/mol. The molecular formula is C27H21ClN2O2. The Balaban J connectivity index is 1.69. The third-order valence-electron chi connectivity index (χ3n) is 4.96. The second kappa shape index (κ2) is 10.00. The molecule has 4 nitrogen and oxygen atoms in total. The molecule has 158 valence electrons. The van der Waals surface area contributed by atoms with Crippen molar-refractivity contribution in [1.29, 1.82) is 0 Å². The molecule has 2 aromatic heterocycles. The average molecular weight is 441 g/mol. The summed E-state index contributed by atoms with van der Waals surface area (Å²) in [6, 6.07) is 20.8. The van der Waals surface area contributed by atoms with Gasteiger partial charge in [0, 0.05) is 17.6 Å². The highest BCUT2D eigenvalue weighted by molar-refractivity contribution is 6.30. The number of hydrogen-bond donors (Lipinski definition) is 0. The first-order valence-electron chi connectivity index (χ1n) is 10.2. The van der Waals surface area contributed by atoms with E-state index in [4.69, 9.17) is 16.3 Å². The summed E-state index contributed by atoms with van der Waals surface area (Å²) in [6.45, 7) is 3.98. The summed E-state index contributed by atoms with van der Waals surface area (Å²) < 4.78 is 7.65. The van der Waals surface area contributed by atoms with E-state index >= 15 is 0 Å². The van der Waals surface area contributed by atoms with Crippen molar-refractivity contribution in [3.8, 4) is 23.3 Å². The van der Waals surface area contributed by atoms with Gasteiger partial charge in [-0.1, -0.05) is 59.8 Å². The number of fused-ring (bicyclic) bond motifs is 1. The molecule has 4 rings (SSSR count). The van der Waals surface area contributed by atoms with Gasteiger partial charge in [0.15, 0.2) is 5.65 Å². The van der Waals surface area contributed by atoms with Crippen molar-refractivity contribution in [1.82, 2.24) is 9.55 Å². The molecule has 0 aliphatic heterocycles. The summed E-state index contributed by atoms with van der Waals surface area (Å²) in [5, 5.41) is 1.46. The van der Waals surface area contributed by atoms with Crippen LogP contribution in [0.2, 0.25) is 5.02 Å². The monoisotopic (exact) mass is 440 g/mol. The Morgan fingerprint density at radius 1 is 1.03 bits per heavy atom. The molecule has 0 saturated carbocycles. The highest BCUT2D eigenvalue weighted by Crippen LogP contribution is 2.28. The van der Waals surface area contributed by atoms with E-state index in [1.807, 2.05) is 66.7 Å². The van der Waals surface area contributed by atoms with Gasteiger partial charge in [0.2, 0.25) is 0 Å². The predicted molar refractivity (Wildman–Crippen MR) is 130 cm³/mol. The van der Waals surface area contributed by atoms with E-state index in [1.54, 1.807) is 16.8 Å². The standard InChI is InChI=1S/C27H21ClN2O2/c1-2-9-24-25(32-19-7-6-10-20-14-16-21(28)17-15-20)23-13-8-18-29-26(23)30(27(24)31)22-11-4-3-5-12-22/h2-5,8,11-18H,1,9-10,19H2. The van der Waals surface area contributed by atoms with Crippen molar-refractivity contribution < 1.29 is 4.74 Å². The van der Waals surface area contributed by atoms with Crippen LogP contribution in [0.1, 0.15) is 11.1 Å². The normalized spacial score (nSPS) is 10.4. The van der Waals surface area contributed by atoms with Crippen molar-refractivity contribution in [2.75, 3.05) is 6.61 Å². The predicted octanol–water partition coefficient (Wildman–Crippen LogP) is 5.39. The minimum atomic E-state index is -0.175. The van der Waals surface area contributed by atoms with Crippen LogP contribution in [0.15, 0.2) is 90.4 Å². The van der Waals surface area contributed by atoms with E-state index < -0.39 is 0 Å². The number of allylic oxidation sites excluding steroid dienone is 1. The molecule has 0 fully saturated rings. The minimum Gasteiger partial charge on any atom is -0.480 e. The quantitative estimate of drug-likeness (QED) is 0.298. The molecule has 2 aromatic carbocycles. The van der Waals surface area contributed by atoms with Crippen LogP contribution in [0.25, 0.3) is 16.7 Å². The number of benzene rings is 2. The number of ether oxygens (including phenoxy) is 1. The van der Waals surface area contributed by atoms with Crippen LogP contribution in [0, 0.1) is 11.8 Å². The fraction of sp³-hybridized carbons (Fsp3) is 0.111. The Bertz CT molecular complexity index is 1360. The Hall–Kier alpha value is -3.81. The Kier molecular flexibility index (Phi) is 6.69. The average Bonchev–Trinajstić information content (AvgIpc) is 2.82. The van der Waals surface area contributed by atoms with Crippen molar-refractivity contribution in [2.45, 2.75) is 12.8 Å². The van der Waals surface area contributed by atoms with Gasteiger partial charge in [-0.3, -0.25) is 9.36 Å². The summed E-state index contributed by atoms with van der Waals surface area (Å²) >= 11 is 5.92. The lowest BCUT2D eigenvalue weighted by atomic mass is 10.1. The molecule has 0 unspecified atom stereocenters. The van der Waals surface area contributed by atoms with E-state index in [1.165, 1.54) is 0 Å². The lowest BCUT2D eigenvalue weighted by molar-refractivity contribution is 0.370. The summed E-state index contributed by atoms with van der Waals surface area (Å²) in [5.74, 6) is 6.65. The van der Waals surface area contributed by atoms with Crippen LogP contribution >= 0.6 is 11.6 Å². The minimum absolute atomic E-state index is 0.163. The number of para-hydroxylation sites is 1. The van der Waals surface area contributed by atoms with Crippen molar-refractivity contribution in [3.63, 3.8) is 0 Å². The topological polar surface area (TPSA) is 44.1 Å². The van der Waals surface area contributed by atoms with E-state index in [0.29, 0.717) is 34.8 Å². The first-order valence-corrected chi connectivity index (χ1v) is 10.6. The maximum Gasteiger partial charge on any atom is 0.264 e. The highest BCUT2D eigenvalue weighted by atomic mass is 35.5. The number of hydrogen-bond acceptors (Lipinski definition) is 3. The van der Waals surface area contributed by atoms with E-state index in [2.05, 4.69) is 23.4 Å². The van der Waals surface area contributed by atoms with Crippen LogP contribution in [0.5, 0.6) is 5.75 Å². The highest BCUT2D eigenvalue weighted by Gasteiger charge is 2.18. The molecule has 4 aromatic rings. The van der Waals surface area contributed by atoms with Gasteiger partial charge in [-0.2, -0.15) is 0 Å². The SMILES string of the molecule is C=CCc1c(OCC#CCc2ccc(Cl)cc2)c2cccnc2n(-c2ccccc2)c1=O. The smallest absolute Gasteiger partial charge is 0.264 e. The lowest BCUT2D eigenvalue weighted by Gasteiger charge is -2.16. The van der Waals surface area contributed by atoms with Gasteiger partial charge < -0.3 is 4.74 Å². The molecule has 0 atom stereocenters. The fourth-order valence-corrected chi connectivity index (χ4v) is 3.60. The molecule has 5 heteroatoms. The Labute approximate surface area is 191 Å². The third kappa shape index (κ3) is 4.59. The lowest BCUT2D eigenvalue weighted by Crippen LogP contribution is -2.24. The summed E-state index contributed by atoms with van der Waals surface area (Å²) in [7, 11) is 0. The molecule has 2 heterocycles. The van der Waals surface area contributed by atoms with Crippen LogP contribution in [0.3, 0.4) is 0 Å². The van der Waals surface area contributed by atoms with Gasteiger partial charge in [-0.25, -0.2) is 4.98 Å². The molecule has 0 bridgehead atoms. The van der Waals surface area contributed by atoms with Crippen LogP contribution in [-0.2, 0) is 12.8 Å². The molecule has 0 aliphatic rings. The van der Waals surface area contributed by atoms with E-state index in [-0.39, 0.29) is 12.2 Å². The van der Waals surface area contributed by atoms with Crippen molar-refractivity contribution in [2.24, 2.45) is 0 Å². The number of halogens is 1. The van der Waals surface area contributed by atoms with Gasteiger partial charge in [0.25, 0.3) is 5.56 Å². The molecule has 0 saturated heterocycles. The number of pyridine rings is 2. The zero-order valence-electron chi connectivity index (χ0n) is 17.4. The molecule has 0 spiro atoms. The largest absolute Gasteiger partial charge is 0.480 e.